The van der Waals surface area contributed by atoms with Gasteiger partial charge in [0, 0.05) is 58.6 Å². The molecular formula is C36H42N2O6. The topological polar surface area (TPSA) is 101 Å². The molecule has 1 fully saturated rings. The Morgan fingerprint density at radius 2 is 0.932 bits per heavy atom. The molecule has 232 valence electrons. The molecule has 4 aromatic rings. The van der Waals surface area contributed by atoms with Crippen molar-refractivity contribution in [2.75, 3.05) is 28.4 Å². The van der Waals surface area contributed by atoms with Gasteiger partial charge in [-0.3, -0.25) is 0 Å². The highest BCUT2D eigenvalue weighted by molar-refractivity contribution is 5.80. The first-order valence-corrected chi connectivity index (χ1v) is 15.0. The van der Waals surface area contributed by atoms with Crippen LogP contribution < -0.4 is 29.6 Å². The first-order chi connectivity index (χ1) is 21.5. The van der Waals surface area contributed by atoms with Gasteiger partial charge >= 0.3 is 0 Å². The molecule has 8 nitrogen and oxygen atoms in total. The van der Waals surface area contributed by atoms with Gasteiger partial charge in [-0.2, -0.15) is 0 Å². The molecule has 1 aliphatic rings. The fourth-order valence-corrected chi connectivity index (χ4v) is 6.20. The van der Waals surface area contributed by atoms with Crippen molar-refractivity contribution in [1.82, 2.24) is 10.6 Å². The van der Waals surface area contributed by atoms with Crippen molar-refractivity contribution in [2.45, 2.75) is 50.9 Å². The quantitative estimate of drug-likeness (QED) is 0.144. The van der Waals surface area contributed by atoms with Crippen LogP contribution in [0.3, 0.4) is 0 Å². The second-order valence-electron chi connectivity index (χ2n) is 11.0. The summed E-state index contributed by atoms with van der Waals surface area (Å²) in [6.45, 7) is 1.04. The molecule has 1 saturated carbocycles. The SMILES string of the molecule is COc1cccc(-c2cccc(CNC3CCCCC3NCc3cccc(-c4cccc(OC)c4OC)c3O)c2O)c1OC. The zero-order chi connectivity index (χ0) is 31.1. The first-order valence-electron chi connectivity index (χ1n) is 15.0. The van der Waals surface area contributed by atoms with Crippen LogP contribution in [-0.2, 0) is 13.1 Å². The number of nitrogens with one attached hydrogen (secondary N) is 2. The molecule has 4 aromatic carbocycles. The van der Waals surface area contributed by atoms with Crippen LogP contribution in [0.1, 0.15) is 36.8 Å². The standard InChI is InChI=1S/C36H42N2O6/c1-41-31-19-9-15-27(35(31)43-3)25-13-7-11-23(33(25)39)21-37-29-17-5-6-18-30(29)38-22-24-12-8-14-26(34(24)40)28-16-10-20-32(42-2)36(28)44-4/h7-16,19-20,29-30,37-40H,5-6,17-18,21-22H2,1-4H3. The zero-order valence-electron chi connectivity index (χ0n) is 25.9. The lowest BCUT2D eigenvalue weighted by Gasteiger charge is -2.33. The molecule has 8 heteroatoms. The maximum absolute atomic E-state index is 11.3. The van der Waals surface area contributed by atoms with Crippen molar-refractivity contribution in [3.05, 3.63) is 83.9 Å². The van der Waals surface area contributed by atoms with E-state index in [1.165, 1.54) is 0 Å². The smallest absolute Gasteiger partial charge is 0.168 e. The molecule has 0 bridgehead atoms. The van der Waals surface area contributed by atoms with E-state index in [1.807, 2.05) is 72.8 Å². The van der Waals surface area contributed by atoms with Crippen molar-refractivity contribution in [3.63, 3.8) is 0 Å². The van der Waals surface area contributed by atoms with Gasteiger partial charge in [-0.25, -0.2) is 0 Å². The third-order valence-electron chi connectivity index (χ3n) is 8.50. The Hall–Kier alpha value is -4.40. The first kappa shape index (κ1) is 31.0. The highest BCUT2D eigenvalue weighted by atomic mass is 16.5. The molecule has 1 aliphatic carbocycles. The van der Waals surface area contributed by atoms with Gasteiger partial charge < -0.3 is 39.8 Å². The third-order valence-corrected chi connectivity index (χ3v) is 8.50. The molecule has 0 spiro atoms. The van der Waals surface area contributed by atoms with Crippen molar-refractivity contribution in [2.24, 2.45) is 0 Å². The minimum Gasteiger partial charge on any atom is -0.507 e. The Morgan fingerprint density at radius 3 is 1.32 bits per heavy atom. The van der Waals surface area contributed by atoms with Crippen LogP contribution in [0.25, 0.3) is 22.3 Å². The summed E-state index contributed by atoms with van der Waals surface area (Å²) in [6.07, 6.45) is 4.32. The number of aromatic hydroxyl groups is 2. The van der Waals surface area contributed by atoms with Crippen LogP contribution in [0.2, 0.25) is 0 Å². The predicted octanol–water partition coefficient (Wildman–Crippen LogP) is 6.66. The van der Waals surface area contributed by atoms with Crippen molar-refractivity contribution < 1.29 is 29.2 Å². The molecule has 0 heterocycles. The van der Waals surface area contributed by atoms with E-state index in [4.69, 9.17) is 18.9 Å². The van der Waals surface area contributed by atoms with Crippen molar-refractivity contribution in [1.29, 1.82) is 0 Å². The van der Waals surface area contributed by atoms with E-state index in [9.17, 15) is 10.2 Å². The van der Waals surface area contributed by atoms with E-state index in [0.717, 1.165) is 47.9 Å². The number of rotatable bonds is 12. The summed E-state index contributed by atoms with van der Waals surface area (Å²) in [5.41, 5.74) is 4.57. The molecule has 2 unspecified atom stereocenters. The summed E-state index contributed by atoms with van der Waals surface area (Å²) in [4.78, 5) is 0. The maximum atomic E-state index is 11.3. The van der Waals surface area contributed by atoms with Gasteiger partial charge in [-0.15, -0.1) is 0 Å². The average molecular weight is 599 g/mol. The van der Waals surface area contributed by atoms with E-state index < -0.39 is 0 Å². The van der Waals surface area contributed by atoms with Gasteiger partial charge in [0.1, 0.15) is 11.5 Å². The van der Waals surface area contributed by atoms with Gasteiger partial charge in [-0.05, 0) is 25.0 Å². The van der Waals surface area contributed by atoms with Crippen molar-refractivity contribution in [3.8, 4) is 56.8 Å². The summed E-state index contributed by atoms with van der Waals surface area (Å²) in [5, 5.41) is 30.0. The Kier molecular flexibility index (Phi) is 10.1. The van der Waals surface area contributed by atoms with Gasteiger partial charge in [-0.1, -0.05) is 73.5 Å². The highest BCUT2D eigenvalue weighted by Crippen LogP contribution is 2.43. The van der Waals surface area contributed by atoms with Crippen LogP contribution in [0.15, 0.2) is 72.8 Å². The largest absolute Gasteiger partial charge is 0.507 e. The number of methoxy groups -OCH3 is 4. The monoisotopic (exact) mass is 598 g/mol. The Labute approximate surface area is 259 Å². The third kappa shape index (κ3) is 6.42. The number of hydrogen-bond acceptors (Lipinski definition) is 8. The van der Waals surface area contributed by atoms with Gasteiger partial charge in [0.15, 0.2) is 23.0 Å². The summed E-state index contributed by atoms with van der Waals surface area (Å²) < 4.78 is 22.2. The Morgan fingerprint density at radius 1 is 0.545 bits per heavy atom. The lowest BCUT2D eigenvalue weighted by atomic mass is 9.89. The molecule has 0 radical (unpaired) electrons. The number of para-hydroxylation sites is 4. The minimum atomic E-state index is 0.210. The van der Waals surface area contributed by atoms with E-state index >= 15 is 0 Å². The minimum absolute atomic E-state index is 0.210. The van der Waals surface area contributed by atoms with Gasteiger partial charge in [0.25, 0.3) is 0 Å². The predicted molar refractivity (Wildman–Crippen MR) is 173 cm³/mol. The van der Waals surface area contributed by atoms with Gasteiger partial charge in [0.2, 0.25) is 0 Å². The zero-order valence-corrected chi connectivity index (χ0v) is 25.9. The van der Waals surface area contributed by atoms with E-state index in [2.05, 4.69) is 10.6 Å². The molecule has 0 amide bonds. The van der Waals surface area contributed by atoms with E-state index in [0.29, 0.717) is 47.2 Å². The number of hydrogen-bond donors (Lipinski definition) is 4. The summed E-state index contributed by atoms with van der Waals surface area (Å²) in [6, 6.07) is 23.3. The van der Waals surface area contributed by atoms with Crippen LogP contribution in [0, 0.1) is 0 Å². The molecule has 0 saturated heterocycles. The fraction of sp³-hybridized carbons (Fsp3) is 0.333. The number of ether oxygens (including phenoxy) is 4. The van der Waals surface area contributed by atoms with E-state index in [1.54, 1.807) is 28.4 Å². The number of phenols is 2. The Balaban J connectivity index is 1.30. The van der Waals surface area contributed by atoms with Crippen LogP contribution in [0.4, 0.5) is 0 Å². The lowest BCUT2D eigenvalue weighted by molar-refractivity contribution is 0.279. The summed E-state index contributed by atoms with van der Waals surface area (Å²) in [7, 11) is 6.41. The molecular weight excluding hydrogens is 556 g/mol. The second-order valence-corrected chi connectivity index (χ2v) is 11.0. The summed E-state index contributed by atoms with van der Waals surface area (Å²) >= 11 is 0. The fourth-order valence-electron chi connectivity index (χ4n) is 6.20. The van der Waals surface area contributed by atoms with Crippen molar-refractivity contribution >= 4 is 0 Å². The van der Waals surface area contributed by atoms with Gasteiger partial charge in [0.05, 0.1) is 28.4 Å². The van der Waals surface area contributed by atoms with Crippen LogP contribution in [0.5, 0.6) is 34.5 Å². The molecule has 44 heavy (non-hydrogen) atoms. The average Bonchev–Trinajstić information content (AvgIpc) is 3.07. The van der Waals surface area contributed by atoms with Crippen LogP contribution in [-0.4, -0.2) is 50.7 Å². The van der Waals surface area contributed by atoms with E-state index in [-0.39, 0.29) is 23.6 Å². The normalized spacial score (nSPS) is 16.4. The molecule has 0 aromatic heterocycles. The second kappa shape index (κ2) is 14.4. The number of benzene rings is 4. The molecule has 4 N–H and O–H groups in total. The number of phenolic OH excluding ortho intramolecular Hbond substituents is 2. The molecule has 2 atom stereocenters. The molecule has 5 rings (SSSR count). The summed E-state index contributed by atoms with van der Waals surface area (Å²) in [5.74, 6) is 2.85. The maximum Gasteiger partial charge on any atom is 0.168 e. The highest BCUT2D eigenvalue weighted by Gasteiger charge is 2.26. The Bertz CT molecular complexity index is 1460. The lowest BCUT2D eigenvalue weighted by Crippen LogP contribution is -2.49. The van der Waals surface area contributed by atoms with Crippen LogP contribution >= 0.6 is 0 Å². The molecule has 0 aliphatic heterocycles.